The van der Waals surface area contributed by atoms with Crippen LogP contribution in [0.5, 0.6) is 0 Å². The number of hydrogen-bond donors (Lipinski definition) is 0. The summed E-state index contributed by atoms with van der Waals surface area (Å²) < 4.78 is 30.6. The molecule has 5 rings (SSSR count). The number of thiazole rings is 1. The minimum absolute atomic E-state index is 0.0590. The van der Waals surface area contributed by atoms with Crippen LogP contribution < -0.4 is 4.57 Å². The summed E-state index contributed by atoms with van der Waals surface area (Å²) in [5.74, 6) is 0. The molecule has 6 heteroatoms. The van der Waals surface area contributed by atoms with Gasteiger partial charge in [0.15, 0.2) is 6.04 Å². The van der Waals surface area contributed by atoms with Crippen LogP contribution in [0, 0.1) is 6.92 Å². The highest BCUT2D eigenvalue weighted by atomic mass is 32.2. The molecule has 1 atom stereocenters. The molecule has 1 aliphatic rings. The zero-order chi connectivity index (χ0) is 20.0. The molecule has 2 heterocycles. The van der Waals surface area contributed by atoms with Crippen molar-refractivity contribution in [2.75, 3.05) is 6.54 Å². The summed E-state index contributed by atoms with van der Waals surface area (Å²) in [6, 6.07) is 21.6. The number of aryl methyl sites for hydroxylation is 1. The van der Waals surface area contributed by atoms with Crippen LogP contribution in [0.15, 0.2) is 82.5 Å². The summed E-state index contributed by atoms with van der Waals surface area (Å²) in [5.41, 5.74) is 5.32. The van der Waals surface area contributed by atoms with E-state index in [1.54, 1.807) is 27.8 Å². The van der Waals surface area contributed by atoms with Crippen molar-refractivity contribution in [2.45, 2.75) is 24.4 Å². The predicted molar refractivity (Wildman–Crippen MR) is 115 cm³/mol. The number of sulfonamides is 1. The molecule has 0 N–H and O–H groups in total. The van der Waals surface area contributed by atoms with Crippen molar-refractivity contribution < 1.29 is 13.0 Å². The molecule has 0 fully saturated rings. The molecule has 29 heavy (non-hydrogen) atoms. The van der Waals surface area contributed by atoms with Gasteiger partial charge in [0.05, 0.1) is 23.4 Å². The Morgan fingerprint density at radius 3 is 2.59 bits per heavy atom. The summed E-state index contributed by atoms with van der Waals surface area (Å²) in [5, 5.41) is 4.38. The fraction of sp³-hybridized carbons (Fsp3) is 0.174. The summed E-state index contributed by atoms with van der Waals surface area (Å²) in [6.45, 7) is 2.77. The number of benzene rings is 3. The van der Waals surface area contributed by atoms with Gasteiger partial charge in [0.25, 0.3) is 0 Å². The van der Waals surface area contributed by atoms with E-state index < -0.39 is 10.0 Å². The Morgan fingerprint density at radius 1 is 1.00 bits per heavy atom. The van der Waals surface area contributed by atoms with Gasteiger partial charge in [-0.25, -0.2) is 8.42 Å². The minimum atomic E-state index is -3.57. The van der Waals surface area contributed by atoms with Gasteiger partial charge in [-0.05, 0) is 29.8 Å². The molecule has 0 aliphatic carbocycles. The van der Waals surface area contributed by atoms with Gasteiger partial charge in [-0.1, -0.05) is 71.5 Å². The number of hydrogen-bond acceptors (Lipinski definition) is 3. The van der Waals surface area contributed by atoms with Crippen LogP contribution in [0.3, 0.4) is 0 Å². The number of nitrogens with zero attached hydrogens (tertiary/aromatic N) is 2. The fourth-order valence-electron chi connectivity index (χ4n) is 4.05. The molecule has 0 saturated carbocycles. The number of fused-ring (bicyclic) bond motifs is 2. The van der Waals surface area contributed by atoms with E-state index in [1.807, 2.05) is 31.2 Å². The Kier molecular flexibility index (Phi) is 4.50. The Labute approximate surface area is 174 Å². The molecule has 4 aromatic rings. The van der Waals surface area contributed by atoms with Crippen molar-refractivity contribution in [1.82, 2.24) is 4.31 Å². The monoisotopic (exact) mass is 421 g/mol. The summed E-state index contributed by atoms with van der Waals surface area (Å²) in [4.78, 5) is 0.350. The molecule has 0 saturated heterocycles. The topological polar surface area (TPSA) is 41.3 Å². The molecule has 3 aromatic carbocycles. The van der Waals surface area contributed by atoms with E-state index in [0.717, 1.165) is 16.8 Å². The highest BCUT2D eigenvalue weighted by Crippen LogP contribution is 2.31. The fourth-order valence-corrected chi connectivity index (χ4v) is 6.30. The molecular weight excluding hydrogens is 400 g/mol. The SMILES string of the molecule is Cc1ccc(S(=O)(=O)N2Cc3csc[n+]3[C@@H](c3cccc4ccccc34)C2)cc1. The van der Waals surface area contributed by atoms with Crippen LogP contribution in [-0.2, 0) is 16.6 Å². The molecule has 0 bridgehead atoms. The van der Waals surface area contributed by atoms with E-state index in [2.05, 4.69) is 45.8 Å². The van der Waals surface area contributed by atoms with Gasteiger partial charge in [-0.3, -0.25) is 0 Å². The maximum Gasteiger partial charge on any atom is 0.243 e. The van der Waals surface area contributed by atoms with Crippen LogP contribution in [-0.4, -0.2) is 19.3 Å². The molecule has 1 aliphatic heterocycles. The minimum Gasteiger partial charge on any atom is -0.207 e. The third kappa shape index (κ3) is 3.17. The largest absolute Gasteiger partial charge is 0.243 e. The van der Waals surface area contributed by atoms with Crippen molar-refractivity contribution in [3.8, 4) is 0 Å². The maximum atomic E-state index is 13.4. The lowest BCUT2D eigenvalue weighted by Gasteiger charge is -2.28. The molecule has 0 amide bonds. The summed E-state index contributed by atoms with van der Waals surface area (Å²) >= 11 is 1.61. The second kappa shape index (κ2) is 7.06. The number of aromatic nitrogens is 1. The molecule has 4 nitrogen and oxygen atoms in total. The van der Waals surface area contributed by atoms with Crippen LogP contribution in [0.4, 0.5) is 0 Å². The van der Waals surface area contributed by atoms with Crippen molar-refractivity contribution in [3.05, 3.63) is 94.4 Å². The van der Waals surface area contributed by atoms with E-state index in [9.17, 15) is 8.42 Å². The lowest BCUT2D eigenvalue weighted by Crippen LogP contribution is -2.54. The lowest BCUT2D eigenvalue weighted by molar-refractivity contribution is -0.722. The second-order valence-corrected chi connectivity index (χ2v) is 10.1. The zero-order valence-corrected chi connectivity index (χ0v) is 17.7. The third-order valence-corrected chi connectivity index (χ3v) is 8.18. The average molecular weight is 422 g/mol. The molecular formula is C23H21N2O2S2+. The second-order valence-electron chi connectivity index (χ2n) is 7.45. The normalized spacial score (nSPS) is 17.3. The molecule has 1 aromatic heterocycles. The summed E-state index contributed by atoms with van der Waals surface area (Å²) in [6.07, 6.45) is 0. The number of rotatable bonds is 3. The Hall–Kier alpha value is -2.54. The van der Waals surface area contributed by atoms with Gasteiger partial charge < -0.3 is 0 Å². The van der Waals surface area contributed by atoms with E-state index in [1.165, 1.54) is 10.8 Å². The van der Waals surface area contributed by atoms with Crippen LogP contribution in [0.2, 0.25) is 0 Å². The zero-order valence-electron chi connectivity index (χ0n) is 16.0. The maximum absolute atomic E-state index is 13.4. The smallest absolute Gasteiger partial charge is 0.207 e. The highest BCUT2D eigenvalue weighted by molar-refractivity contribution is 7.89. The predicted octanol–water partition coefficient (Wildman–Crippen LogP) is 4.29. The van der Waals surface area contributed by atoms with Crippen molar-refractivity contribution in [2.24, 2.45) is 0 Å². The third-order valence-electron chi connectivity index (χ3n) is 5.60. The van der Waals surface area contributed by atoms with Gasteiger partial charge >= 0.3 is 0 Å². The van der Waals surface area contributed by atoms with Gasteiger partial charge in [0.1, 0.15) is 0 Å². The van der Waals surface area contributed by atoms with Gasteiger partial charge in [-0.2, -0.15) is 8.87 Å². The first-order valence-electron chi connectivity index (χ1n) is 9.55. The van der Waals surface area contributed by atoms with Gasteiger partial charge in [0, 0.05) is 5.56 Å². The molecule has 146 valence electrons. The average Bonchev–Trinajstić information content (AvgIpc) is 3.22. The first kappa shape index (κ1) is 18.5. The van der Waals surface area contributed by atoms with E-state index >= 15 is 0 Å². The lowest BCUT2D eigenvalue weighted by atomic mass is 9.97. The highest BCUT2D eigenvalue weighted by Gasteiger charge is 2.40. The van der Waals surface area contributed by atoms with E-state index in [4.69, 9.17) is 0 Å². The molecule has 0 unspecified atom stereocenters. The first-order chi connectivity index (χ1) is 14.0. The summed E-state index contributed by atoms with van der Waals surface area (Å²) in [7, 11) is -3.57. The Balaban J connectivity index is 1.61. The van der Waals surface area contributed by atoms with Crippen LogP contribution in [0.1, 0.15) is 22.9 Å². The van der Waals surface area contributed by atoms with Gasteiger partial charge in [-0.15, -0.1) is 0 Å². The van der Waals surface area contributed by atoms with Crippen molar-refractivity contribution in [3.63, 3.8) is 0 Å². The Morgan fingerprint density at radius 2 is 1.76 bits per heavy atom. The van der Waals surface area contributed by atoms with Crippen LogP contribution >= 0.6 is 11.3 Å². The first-order valence-corrected chi connectivity index (χ1v) is 11.9. The van der Waals surface area contributed by atoms with E-state index in [-0.39, 0.29) is 6.04 Å². The quantitative estimate of drug-likeness (QED) is 0.463. The Bertz CT molecular complexity index is 1290. The van der Waals surface area contributed by atoms with Crippen LogP contribution in [0.25, 0.3) is 10.8 Å². The van der Waals surface area contributed by atoms with Gasteiger partial charge in [0.2, 0.25) is 21.2 Å². The van der Waals surface area contributed by atoms with E-state index in [0.29, 0.717) is 18.0 Å². The van der Waals surface area contributed by atoms with Crippen molar-refractivity contribution >= 4 is 32.1 Å². The standard InChI is InChI=1S/C23H21N2O2S2/c1-17-9-11-20(12-10-17)29(26,27)24-13-19-15-28-16-25(19)23(14-24)22-8-4-6-18-5-2-3-7-21(18)22/h2-12,15-16,23H,13-14H2,1H3/q+1/t23-/m1/s1. The molecule has 0 spiro atoms. The molecule has 0 radical (unpaired) electrons. The van der Waals surface area contributed by atoms with Crippen molar-refractivity contribution in [1.29, 1.82) is 0 Å².